The predicted molar refractivity (Wildman–Crippen MR) is 54.4 cm³/mol. The minimum absolute atomic E-state index is 0.468. The van der Waals surface area contributed by atoms with Gasteiger partial charge >= 0.3 is 0 Å². The molecule has 0 fully saturated rings. The van der Waals surface area contributed by atoms with E-state index in [0.717, 1.165) is 21.1 Å². The van der Waals surface area contributed by atoms with Crippen LogP contribution < -0.4 is 0 Å². The van der Waals surface area contributed by atoms with Crippen LogP contribution in [0.5, 0.6) is 0 Å². The Morgan fingerprint density at radius 2 is 2.38 bits per heavy atom. The third kappa shape index (κ3) is 1.47. The topological polar surface area (TPSA) is 48.9 Å². The quantitative estimate of drug-likeness (QED) is 0.805. The fraction of sp³-hybridized carbons (Fsp3) is 0.222. The lowest BCUT2D eigenvalue weighted by molar-refractivity contribution is 0.201. The molecule has 0 aliphatic carbocycles. The molecule has 0 bridgehead atoms. The van der Waals surface area contributed by atoms with Gasteiger partial charge in [0.25, 0.3) is 0 Å². The number of nitrogens with zero attached hydrogens (tertiary/aromatic N) is 1. The maximum Gasteiger partial charge on any atom is 0.137 e. The fourth-order valence-corrected chi connectivity index (χ4v) is 1.68. The molecule has 0 aliphatic rings. The van der Waals surface area contributed by atoms with Crippen molar-refractivity contribution in [3.8, 4) is 0 Å². The van der Waals surface area contributed by atoms with E-state index >= 15 is 0 Å². The van der Waals surface area contributed by atoms with Crippen LogP contribution in [0.2, 0.25) is 0 Å². The molecule has 1 atom stereocenters. The number of fused-ring (bicyclic) bond motifs is 1. The number of aliphatic hydroxyl groups is 1. The maximum atomic E-state index is 9.44. The van der Waals surface area contributed by atoms with Crippen LogP contribution in [0.4, 0.5) is 0 Å². The lowest BCUT2D eigenvalue weighted by Gasteiger charge is -2.00. The molecular formula is C9H9BrN2O. The number of aromatic amines is 1. The lowest BCUT2D eigenvalue weighted by atomic mass is 10.1. The third-order valence-corrected chi connectivity index (χ3v) is 2.41. The van der Waals surface area contributed by atoms with Gasteiger partial charge in [0.05, 0.1) is 6.10 Å². The van der Waals surface area contributed by atoms with Gasteiger partial charge in [-0.05, 0) is 28.9 Å². The summed E-state index contributed by atoms with van der Waals surface area (Å²) in [6.45, 7) is 1.74. The van der Waals surface area contributed by atoms with Crippen molar-refractivity contribution >= 4 is 27.0 Å². The van der Waals surface area contributed by atoms with Crippen LogP contribution in [-0.2, 0) is 0 Å². The SMILES string of the molecule is C[C@@H](O)c1c[nH]c2ncc(Br)cc12. The Morgan fingerprint density at radius 3 is 3.08 bits per heavy atom. The number of aliphatic hydroxyl groups excluding tert-OH is 1. The summed E-state index contributed by atoms with van der Waals surface area (Å²) in [5.74, 6) is 0. The van der Waals surface area contributed by atoms with Gasteiger partial charge < -0.3 is 10.1 Å². The van der Waals surface area contributed by atoms with Gasteiger partial charge in [0.2, 0.25) is 0 Å². The van der Waals surface area contributed by atoms with Crippen LogP contribution in [0.3, 0.4) is 0 Å². The van der Waals surface area contributed by atoms with Crippen LogP contribution >= 0.6 is 15.9 Å². The molecule has 4 heteroatoms. The monoisotopic (exact) mass is 240 g/mol. The molecule has 2 heterocycles. The molecule has 2 N–H and O–H groups in total. The summed E-state index contributed by atoms with van der Waals surface area (Å²) in [7, 11) is 0. The van der Waals surface area contributed by atoms with E-state index in [1.165, 1.54) is 0 Å². The van der Waals surface area contributed by atoms with Crippen LogP contribution in [0, 0.1) is 0 Å². The van der Waals surface area contributed by atoms with E-state index in [1.807, 2.05) is 6.07 Å². The molecule has 0 unspecified atom stereocenters. The average molecular weight is 241 g/mol. The largest absolute Gasteiger partial charge is 0.389 e. The minimum atomic E-state index is -0.468. The van der Waals surface area contributed by atoms with Gasteiger partial charge in [-0.15, -0.1) is 0 Å². The van der Waals surface area contributed by atoms with Crippen molar-refractivity contribution in [2.24, 2.45) is 0 Å². The molecule has 2 aromatic rings. The van der Waals surface area contributed by atoms with Gasteiger partial charge in [-0.3, -0.25) is 0 Å². The van der Waals surface area contributed by atoms with Crippen molar-refractivity contribution in [1.82, 2.24) is 9.97 Å². The Hall–Kier alpha value is -0.870. The van der Waals surface area contributed by atoms with Gasteiger partial charge in [0, 0.05) is 27.8 Å². The molecule has 13 heavy (non-hydrogen) atoms. The molecule has 0 aliphatic heterocycles. The Labute approximate surface area is 83.9 Å². The van der Waals surface area contributed by atoms with Crippen molar-refractivity contribution in [3.63, 3.8) is 0 Å². The van der Waals surface area contributed by atoms with E-state index < -0.39 is 6.10 Å². The molecule has 3 nitrogen and oxygen atoms in total. The fourth-order valence-electron chi connectivity index (χ4n) is 1.34. The smallest absolute Gasteiger partial charge is 0.137 e. The number of hydrogen-bond donors (Lipinski definition) is 2. The van der Waals surface area contributed by atoms with Crippen molar-refractivity contribution in [2.45, 2.75) is 13.0 Å². The molecule has 0 saturated carbocycles. The van der Waals surface area contributed by atoms with E-state index in [4.69, 9.17) is 0 Å². The number of nitrogens with one attached hydrogen (secondary N) is 1. The van der Waals surface area contributed by atoms with Crippen LogP contribution in [0.15, 0.2) is 22.9 Å². The van der Waals surface area contributed by atoms with Crippen LogP contribution in [0.25, 0.3) is 11.0 Å². The summed E-state index contributed by atoms with van der Waals surface area (Å²) in [5, 5.41) is 10.4. The van der Waals surface area contributed by atoms with E-state index in [9.17, 15) is 5.11 Å². The lowest BCUT2D eigenvalue weighted by Crippen LogP contribution is -1.88. The number of rotatable bonds is 1. The second kappa shape index (κ2) is 3.12. The Bertz CT molecular complexity index is 436. The average Bonchev–Trinajstić information content (AvgIpc) is 2.46. The second-order valence-electron chi connectivity index (χ2n) is 2.97. The molecule has 0 amide bonds. The molecule has 0 saturated heterocycles. The van der Waals surface area contributed by atoms with Crippen molar-refractivity contribution in [1.29, 1.82) is 0 Å². The van der Waals surface area contributed by atoms with Crippen LogP contribution in [-0.4, -0.2) is 15.1 Å². The van der Waals surface area contributed by atoms with E-state index in [0.29, 0.717) is 0 Å². The summed E-state index contributed by atoms with van der Waals surface area (Å²) < 4.78 is 0.918. The zero-order valence-electron chi connectivity index (χ0n) is 7.08. The highest BCUT2D eigenvalue weighted by Crippen LogP contribution is 2.24. The normalized spacial score (nSPS) is 13.5. The molecule has 0 radical (unpaired) electrons. The molecular weight excluding hydrogens is 232 g/mol. The zero-order chi connectivity index (χ0) is 9.42. The Kier molecular flexibility index (Phi) is 2.09. The highest BCUT2D eigenvalue weighted by atomic mass is 79.9. The van der Waals surface area contributed by atoms with Crippen molar-refractivity contribution in [2.75, 3.05) is 0 Å². The summed E-state index contributed by atoms with van der Waals surface area (Å²) in [5.41, 5.74) is 1.68. The molecule has 2 rings (SSSR count). The Balaban J connectivity index is 2.71. The van der Waals surface area contributed by atoms with E-state index in [-0.39, 0.29) is 0 Å². The summed E-state index contributed by atoms with van der Waals surface area (Å²) in [6.07, 6.45) is 3.05. The van der Waals surface area contributed by atoms with E-state index in [1.54, 1.807) is 19.3 Å². The summed E-state index contributed by atoms with van der Waals surface area (Å²) in [6, 6.07) is 1.95. The summed E-state index contributed by atoms with van der Waals surface area (Å²) >= 11 is 3.34. The minimum Gasteiger partial charge on any atom is -0.389 e. The van der Waals surface area contributed by atoms with Gasteiger partial charge in [-0.2, -0.15) is 0 Å². The van der Waals surface area contributed by atoms with Gasteiger partial charge in [-0.25, -0.2) is 4.98 Å². The van der Waals surface area contributed by atoms with Crippen LogP contribution in [0.1, 0.15) is 18.6 Å². The first-order valence-electron chi connectivity index (χ1n) is 3.99. The molecule has 68 valence electrons. The first-order valence-corrected chi connectivity index (χ1v) is 4.78. The number of H-pyrrole nitrogens is 1. The first kappa shape index (κ1) is 8.72. The maximum absolute atomic E-state index is 9.44. The van der Waals surface area contributed by atoms with Gasteiger partial charge in [0.1, 0.15) is 5.65 Å². The number of halogens is 1. The number of hydrogen-bond acceptors (Lipinski definition) is 2. The Morgan fingerprint density at radius 1 is 1.62 bits per heavy atom. The van der Waals surface area contributed by atoms with Gasteiger partial charge in [0.15, 0.2) is 0 Å². The molecule has 0 aromatic carbocycles. The first-order chi connectivity index (χ1) is 6.18. The number of pyridine rings is 1. The molecule has 2 aromatic heterocycles. The highest BCUT2D eigenvalue weighted by Gasteiger charge is 2.08. The van der Waals surface area contributed by atoms with E-state index in [2.05, 4.69) is 25.9 Å². The summed E-state index contributed by atoms with van der Waals surface area (Å²) in [4.78, 5) is 7.18. The standard InChI is InChI=1S/C9H9BrN2O/c1-5(13)8-4-12-9-7(8)2-6(10)3-11-9/h2-5,13H,1H3,(H,11,12)/t5-/m1/s1. The van der Waals surface area contributed by atoms with Gasteiger partial charge in [-0.1, -0.05) is 0 Å². The van der Waals surface area contributed by atoms with Crippen molar-refractivity contribution < 1.29 is 5.11 Å². The number of aromatic nitrogens is 2. The third-order valence-electron chi connectivity index (χ3n) is 1.98. The molecule has 0 spiro atoms. The van der Waals surface area contributed by atoms with Crippen molar-refractivity contribution in [3.05, 3.63) is 28.5 Å². The highest BCUT2D eigenvalue weighted by molar-refractivity contribution is 9.10. The zero-order valence-corrected chi connectivity index (χ0v) is 8.67. The second-order valence-corrected chi connectivity index (χ2v) is 3.89. The predicted octanol–water partition coefficient (Wildman–Crippen LogP) is 2.38.